The van der Waals surface area contributed by atoms with Crippen LogP contribution in [-0.4, -0.2) is 48.0 Å². The highest BCUT2D eigenvalue weighted by Gasteiger charge is 2.26. The lowest BCUT2D eigenvalue weighted by atomic mass is 9.95. The highest BCUT2D eigenvalue weighted by atomic mass is 32.2. The van der Waals surface area contributed by atoms with Crippen LogP contribution in [0.3, 0.4) is 0 Å². The monoisotopic (exact) mass is 453 g/mol. The molecule has 0 unspecified atom stereocenters. The molecule has 1 aliphatic rings. The molecule has 0 radical (unpaired) electrons. The standard InChI is InChI=1S/C22H23N5O4S/c1-13-16-11-26(32(23,28)29)7-6-14(16)4-5-19(13)27-12-25-18-10-24-17-9-21(31-3)20(30-2)8-15(17)22(18)27/h4-5,8-10,12H,6-7,11H2,1-3H3,(H2,23,28,29). The topological polar surface area (TPSA) is 113 Å². The molecule has 9 nitrogen and oxygen atoms in total. The van der Waals surface area contributed by atoms with E-state index in [1.54, 1.807) is 26.7 Å². The Morgan fingerprint density at radius 3 is 2.53 bits per heavy atom. The Bertz CT molecular complexity index is 1480. The van der Waals surface area contributed by atoms with Gasteiger partial charge in [-0.25, -0.2) is 10.1 Å². The zero-order valence-electron chi connectivity index (χ0n) is 18.0. The van der Waals surface area contributed by atoms with Crippen LogP contribution in [0.25, 0.3) is 27.6 Å². The summed E-state index contributed by atoms with van der Waals surface area (Å²) >= 11 is 0. The molecular weight excluding hydrogens is 430 g/mol. The molecule has 3 heterocycles. The molecule has 166 valence electrons. The highest BCUT2D eigenvalue weighted by molar-refractivity contribution is 7.86. The lowest BCUT2D eigenvalue weighted by molar-refractivity contribution is 0.356. The summed E-state index contributed by atoms with van der Waals surface area (Å²) in [7, 11) is -0.562. The highest BCUT2D eigenvalue weighted by Crippen LogP contribution is 2.36. The van der Waals surface area contributed by atoms with E-state index in [0.29, 0.717) is 24.5 Å². The third-order valence-electron chi connectivity index (χ3n) is 6.13. The summed E-state index contributed by atoms with van der Waals surface area (Å²) in [5, 5.41) is 6.27. The van der Waals surface area contributed by atoms with Crippen LogP contribution in [0, 0.1) is 6.92 Å². The fourth-order valence-electron chi connectivity index (χ4n) is 4.44. The molecule has 0 amide bonds. The van der Waals surface area contributed by atoms with Crippen molar-refractivity contribution < 1.29 is 17.9 Å². The second-order valence-corrected chi connectivity index (χ2v) is 9.35. The largest absolute Gasteiger partial charge is 0.493 e. The summed E-state index contributed by atoms with van der Waals surface area (Å²) in [5.41, 5.74) is 6.40. The van der Waals surface area contributed by atoms with Crippen molar-refractivity contribution in [1.82, 2.24) is 18.8 Å². The van der Waals surface area contributed by atoms with Crippen LogP contribution < -0.4 is 14.6 Å². The number of hydrogen-bond donors (Lipinski definition) is 1. The number of hydrogen-bond acceptors (Lipinski definition) is 6. The first-order valence-corrected chi connectivity index (χ1v) is 11.6. The van der Waals surface area contributed by atoms with Crippen molar-refractivity contribution in [2.75, 3.05) is 20.8 Å². The number of ether oxygens (including phenoxy) is 2. The van der Waals surface area contributed by atoms with E-state index in [1.807, 2.05) is 23.6 Å². The summed E-state index contributed by atoms with van der Waals surface area (Å²) < 4.78 is 38.1. The second-order valence-electron chi connectivity index (χ2n) is 7.81. The van der Waals surface area contributed by atoms with Crippen LogP contribution in [0.15, 0.2) is 36.8 Å². The Morgan fingerprint density at radius 2 is 1.81 bits per heavy atom. The molecule has 4 aromatic rings. The number of nitrogens with two attached hydrogens (primary N) is 1. The van der Waals surface area contributed by atoms with Gasteiger partial charge in [-0.05, 0) is 42.2 Å². The minimum atomic E-state index is -3.75. The van der Waals surface area contributed by atoms with Gasteiger partial charge in [0.1, 0.15) is 11.8 Å². The van der Waals surface area contributed by atoms with Gasteiger partial charge in [0.15, 0.2) is 11.5 Å². The second kappa shape index (κ2) is 7.44. The van der Waals surface area contributed by atoms with Gasteiger partial charge in [0.25, 0.3) is 10.2 Å². The van der Waals surface area contributed by atoms with Gasteiger partial charge in [-0.15, -0.1) is 0 Å². The Hall–Kier alpha value is -3.21. The SMILES string of the molecule is COc1cc2ncc3ncn(-c4ccc5c(c4C)CN(S(N)(=O)=O)CC5)c3c2cc1OC. The van der Waals surface area contributed by atoms with E-state index in [2.05, 4.69) is 22.1 Å². The number of fused-ring (bicyclic) bond motifs is 4. The van der Waals surface area contributed by atoms with Crippen molar-refractivity contribution in [2.45, 2.75) is 19.9 Å². The normalized spacial score (nSPS) is 14.6. The van der Waals surface area contributed by atoms with E-state index < -0.39 is 10.2 Å². The first-order chi connectivity index (χ1) is 15.3. The maximum Gasteiger partial charge on any atom is 0.277 e. The Labute approximate surface area is 185 Å². The van der Waals surface area contributed by atoms with Gasteiger partial charge in [0, 0.05) is 24.5 Å². The number of benzene rings is 2. The third kappa shape index (κ3) is 3.19. The lowest BCUT2D eigenvalue weighted by Crippen LogP contribution is -2.40. The predicted molar refractivity (Wildman–Crippen MR) is 121 cm³/mol. The molecule has 2 aromatic carbocycles. The van der Waals surface area contributed by atoms with Gasteiger partial charge in [0.2, 0.25) is 0 Å². The third-order valence-corrected chi connectivity index (χ3v) is 7.16. The van der Waals surface area contributed by atoms with E-state index in [1.165, 1.54) is 4.31 Å². The van der Waals surface area contributed by atoms with Crippen molar-refractivity contribution in [3.63, 3.8) is 0 Å². The number of rotatable bonds is 4. The smallest absolute Gasteiger partial charge is 0.277 e. The number of nitrogens with zero attached hydrogens (tertiary/aromatic N) is 4. The van der Waals surface area contributed by atoms with E-state index >= 15 is 0 Å². The van der Waals surface area contributed by atoms with Crippen molar-refractivity contribution in [3.05, 3.63) is 53.5 Å². The molecule has 0 fully saturated rings. The molecule has 32 heavy (non-hydrogen) atoms. The summed E-state index contributed by atoms with van der Waals surface area (Å²) in [4.78, 5) is 9.08. The Kier molecular flexibility index (Phi) is 4.81. The van der Waals surface area contributed by atoms with E-state index in [9.17, 15) is 8.42 Å². The summed E-state index contributed by atoms with van der Waals surface area (Å²) in [5.74, 6) is 1.21. The van der Waals surface area contributed by atoms with Crippen molar-refractivity contribution >= 4 is 32.1 Å². The van der Waals surface area contributed by atoms with E-state index in [4.69, 9.17) is 14.6 Å². The van der Waals surface area contributed by atoms with Crippen LogP contribution in [0.4, 0.5) is 0 Å². The zero-order chi connectivity index (χ0) is 22.6. The average Bonchev–Trinajstić information content (AvgIpc) is 3.22. The van der Waals surface area contributed by atoms with E-state index in [-0.39, 0.29) is 6.54 Å². The molecule has 5 rings (SSSR count). The molecule has 2 aromatic heterocycles. The minimum Gasteiger partial charge on any atom is -0.493 e. The molecule has 0 spiro atoms. The van der Waals surface area contributed by atoms with E-state index in [0.717, 1.165) is 44.3 Å². The summed E-state index contributed by atoms with van der Waals surface area (Å²) in [6.45, 7) is 2.64. The molecule has 0 atom stereocenters. The average molecular weight is 454 g/mol. The quantitative estimate of drug-likeness (QED) is 0.508. The molecule has 1 aliphatic heterocycles. The van der Waals surface area contributed by atoms with Gasteiger partial charge in [-0.1, -0.05) is 6.07 Å². The molecule has 0 bridgehead atoms. The van der Waals surface area contributed by atoms with Crippen molar-refractivity contribution in [2.24, 2.45) is 5.14 Å². The van der Waals surface area contributed by atoms with Gasteiger partial charge in [0.05, 0.1) is 37.1 Å². The van der Waals surface area contributed by atoms with Gasteiger partial charge >= 0.3 is 0 Å². The lowest BCUT2D eigenvalue weighted by Gasteiger charge is -2.28. The number of imidazole rings is 1. The zero-order valence-corrected chi connectivity index (χ0v) is 18.8. The van der Waals surface area contributed by atoms with Crippen LogP contribution in [0.5, 0.6) is 11.5 Å². The minimum absolute atomic E-state index is 0.258. The Morgan fingerprint density at radius 1 is 1.06 bits per heavy atom. The molecule has 2 N–H and O–H groups in total. The summed E-state index contributed by atoms with van der Waals surface area (Å²) in [6, 6.07) is 7.85. The summed E-state index contributed by atoms with van der Waals surface area (Å²) in [6.07, 6.45) is 4.12. The number of aromatic nitrogens is 3. The van der Waals surface area contributed by atoms with Gasteiger partial charge < -0.3 is 9.47 Å². The molecule has 10 heteroatoms. The first kappa shape index (κ1) is 20.7. The Balaban J connectivity index is 1.73. The van der Waals surface area contributed by atoms with Gasteiger partial charge in [-0.2, -0.15) is 12.7 Å². The van der Waals surface area contributed by atoms with Crippen LogP contribution in [0.2, 0.25) is 0 Å². The fourth-order valence-corrected chi connectivity index (χ4v) is 5.09. The van der Waals surface area contributed by atoms with Crippen LogP contribution >= 0.6 is 0 Å². The number of methoxy groups -OCH3 is 2. The molecular formula is C22H23N5O4S. The predicted octanol–water partition coefficient (Wildman–Crippen LogP) is 2.46. The van der Waals surface area contributed by atoms with Gasteiger partial charge in [-0.3, -0.25) is 9.55 Å². The van der Waals surface area contributed by atoms with Crippen molar-refractivity contribution in [1.29, 1.82) is 0 Å². The fraction of sp³-hybridized carbons (Fsp3) is 0.273. The first-order valence-electron chi connectivity index (χ1n) is 10.1. The molecule has 0 saturated heterocycles. The number of pyridine rings is 1. The van der Waals surface area contributed by atoms with Crippen LogP contribution in [-0.2, 0) is 23.2 Å². The maximum atomic E-state index is 11.9. The van der Waals surface area contributed by atoms with Crippen molar-refractivity contribution in [3.8, 4) is 17.2 Å². The maximum absolute atomic E-state index is 11.9. The molecule has 0 aliphatic carbocycles. The molecule has 0 saturated carbocycles. The van der Waals surface area contributed by atoms with Crippen LogP contribution in [0.1, 0.15) is 16.7 Å².